The number of carbonyl (C=O) groups is 1. The molecule has 126 valence electrons. The highest BCUT2D eigenvalue weighted by Crippen LogP contribution is 2.34. The molecule has 1 N–H and O–H groups in total. The first-order valence-corrected chi connectivity index (χ1v) is 9.91. The van der Waals surface area contributed by atoms with Crippen molar-refractivity contribution < 1.29 is 9.53 Å². The normalized spacial score (nSPS) is 32.1. The Morgan fingerprint density at radius 1 is 1.35 bits per heavy atom. The number of hydrogen-bond acceptors (Lipinski definition) is 4. The minimum Gasteiger partial charge on any atom is -0.364 e. The second-order valence-electron chi connectivity index (χ2n) is 7.30. The Kier molecular flexibility index (Phi) is 4.69. The summed E-state index contributed by atoms with van der Waals surface area (Å²) in [6.07, 6.45) is 6.86. The molecule has 1 aromatic heterocycles. The summed E-state index contributed by atoms with van der Waals surface area (Å²) in [6, 6.07) is 2.59. The molecule has 4 rings (SSSR count). The quantitative estimate of drug-likeness (QED) is 0.920. The van der Waals surface area contributed by atoms with E-state index >= 15 is 0 Å². The zero-order valence-electron chi connectivity index (χ0n) is 13.6. The number of likely N-dealkylation sites (tertiary alicyclic amines) is 1. The van der Waals surface area contributed by atoms with Crippen LogP contribution in [-0.4, -0.2) is 42.1 Å². The summed E-state index contributed by atoms with van der Waals surface area (Å²) in [6.45, 7) is 3.10. The summed E-state index contributed by atoms with van der Waals surface area (Å²) in [4.78, 5) is 14.9. The van der Waals surface area contributed by atoms with E-state index in [9.17, 15) is 4.79 Å². The van der Waals surface area contributed by atoms with Gasteiger partial charge in [-0.1, -0.05) is 12.8 Å². The van der Waals surface area contributed by atoms with Gasteiger partial charge in [-0.25, -0.2) is 0 Å². The first kappa shape index (κ1) is 15.6. The first-order valence-electron chi connectivity index (χ1n) is 8.97. The Hall–Kier alpha value is -0.910. The molecule has 0 spiro atoms. The standard InChI is InChI=1S/C18H26N2O2S/c21-18(19-15-3-1-2-4-15)16-9-14-5-7-20(11-17(14)22-16)10-13-6-8-23-12-13/h6,8,12,14-17H,1-5,7,9-11H2,(H,19,21)/t14-,16+,17+/m1/s1. The molecule has 23 heavy (non-hydrogen) atoms. The lowest BCUT2D eigenvalue weighted by atomic mass is 9.91. The summed E-state index contributed by atoms with van der Waals surface area (Å²) in [5.74, 6) is 0.698. The van der Waals surface area contributed by atoms with E-state index in [1.54, 1.807) is 11.3 Å². The molecular weight excluding hydrogens is 308 g/mol. The molecule has 3 atom stereocenters. The van der Waals surface area contributed by atoms with Gasteiger partial charge in [-0.05, 0) is 60.5 Å². The van der Waals surface area contributed by atoms with Gasteiger partial charge in [-0.2, -0.15) is 11.3 Å². The van der Waals surface area contributed by atoms with Crippen LogP contribution in [0.15, 0.2) is 16.8 Å². The molecule has 0 bridgehead atoms. The number of thiophene rings is 1. The molecular formula is C18H26N2O2S. The predicted octanol–water partition coefficient (Wildman–Crippen LogP) is 2.79. The number of fused-ring (bicyclic) bond motifs is 1. The van der Waals surface area contributed by atoms with Gasteiger partial charge in [0.1, 0.15) is 6.10 Å². The fourth-order valence-electron chi connectivity index (χ4n) is 4.31. The summed E-state index contributed by atoms with van der Waals surface area (Å²) in [5.41, 5.74) is 1.39. The van der Waals surface area contributed by atoms with E-state index in [1.165, 1.54) is 18.4 Å². The highest BCUT2D eigenvalue weighted by Gasteiger charge is 2.42. The van der Waals surface area contributed by atoms with Crippen LogP contribution < -0.4 is 5.32 Å². The number of rotatable bonds is 4. The smallest absolute Gasteiger partial charge is 0.249 e. The number of nitrogens with zero attached hydrogens (tertiary/aromatic N) is 1. The predicted molar refractivity (Wildman–Crippen MR) is 91.4 cm³/mol. The van der Waals surface area contributed by atoms with Crippen molar-refractivity contribution in [3.8, 4) is 0 Å². The third-order valence-corrected chi connectivity index (χ3v) is 6.35. The van der Waals surface area contributed by atoms with Gasteiger partial charge in [-0.3, -0.25) is 9.69 Å². The lowest BCUT2D eigenvalue weighted by Crippen LogP contribution is -2.42. The van der Waals surface area contributed by atoms with Crippen molar-refractivity contribution in [2.75, 3.05) is 13.1 Å². The first-order chi connectivity index (χ1) is 11.3. The molecule has 1 amide bonds. The minimum absolute atomic E-state index is 0.135. The maximum Gasteiger partial charge on any atom is 0.249 e. The van der Waals surface area contributed by atoms with Crippen LogP contribution in [0.5, 0.6) is 0 Å². The summed E-state index contributed by atoms with van der Waals surface area (Å²) >= 11 is 1.76. The monoisotopic (exact) mass is 334 g/mol. The average Bonchev–Trinajstić information content (AvgIpc) is 3.27. The van der Waals surface area contributed by atoms with Crippen molar-refractivity contribution in [2.24, 2.45) is 5.92 Å². The second kappa shape index (κ2) is 6.91. The molecule has 3 fully saturated rings. The number of ether oxygens (including phenoxy) is 1. The Morgan fingerprint density at radius 2 is 2.22 bits per heavy atom. The van der Waals surface area contributed by atoms with Gasteiger partial charge in [0.2, 0.25) is 5.91 Å². The van der Waals surface area contributed by atoms with Crippen LogP contribution in [0, 0.1) is 5.92 Å². The number of amides is 1. The van der Waals surface area contributed by atoms with Gasteiger partial charge in [0.05, 0.1) is 6.10 Å². The van der Waals surface area contributed by atoms with E-state index in [2.05, 4.69) is 27.0 Å². The number of carbonyl (C=O) groups excluding carboxylic acids is 1. The van der Waals surface area contributed by atoms with E-state index < -0.39 is 0 Å². The third-order valence-electron chi connectivity index (χ3n) is 5.62. The molecule has 4 nitrogen and oxygen atoms in total. The zero-order valence-corrected chi connectivity index (χ0v) is 14.4. The van der Waals surface area contributed by atoms with Gasteiger partial charge < -0.3 is 10.1 Å². The fraction of sp³-hybridized carbons (Fsp3) is 0.722. The fourth-order valence-corrected chi connectivity index (χ4v) is 4.97. The van der Waals surface area contributed by atoms with Gasteiger partial charge in [0, 0.05) is 19.1 Å². The van der Waals surface area contributed by atoms with Gasteiger partial charge >= 0.3 is 0 Å². The molecule has 1 saturated carbocycles. The summed E-state index contributed by atoms with van der Waals surface area (Å²) in [7, 11) is 0. The summed E-state index contributed by atoms with van der Waals surface area (Å²) in [5, 5.41) is 7.56. The Labute approximate surface area is 142 Å². The van der Waals surface area contributed by atoms with E-state index in [4.69, 9.17) is 4.74 Å². The van der Waals surface area contributed by atoms with Crippen LogP contribution in [0.1, 0.15) is 44.1 Å². The number of nitrogens with one attached hydrogen (secondary N) is 1. The molecule has 3 heterocycles. The van der Waals surface area contributed by atoms with Crippen LogP contribution in [0.4, 0.5) is 0 Å². The highest BCUT2D eigenvalue weighted by molar-refractivity contribution is 7.07. The van der Waals surface area contributed by atoms with Crippen LogP contribution in [0.2, 0.25) is 0 Å². The zero-order chi connectivity index (χ0) is 15.6. The highest BCUT2D eigenvalue weighted by atomic mass is 32.1. The Balaban J connectivity index is 1.29. The van der Waals surface area contributed by atoms with Crippen molar-refractivity contribution in [3.63, 3.8) is 0 Å². The third kappa shape index (κ3) is 3.62. The lowest BCUT2D eigenvalue weighted by Gasteiger charge is -2.33. The molecule has 1 aromatic rings. The molecule has 2 aliphatic heterocycles. The van der Waals surface area contributed by atoms with Gasteiger partial charge in [-0.15, -0.1) is 0 Å². The molecule has 0 radical (unpaired) electrons. The lowest BCUT2D eigenvalue weighted by molar-refractivity contribution is -0.133. The maximum atomic E-state index is 12.4. The van der Waals surface area contributed by atoms with Crippen molar-refractivity contribution in [1.82, 2.24) is 10.2 Å². The molecule has 0 aromatic carbocycles. The van der Waals surface area contributed by atoms with Crippen molar-refractivity contribution in [2.45, 2.75) is 63.3 Å². The van der Waals surface area contributed by atoms with Gasteiger partial charge in [0.25, 0.3) is 0 Å². The topological polar surface area (TPSA) is 41.6 Å². The van der Waals surface area contributed by atoms with Crippen molar-refractivity contribution in [1.29, 1.82) is 0 Å². The summed E-state index contributed by atoms with van der Waals surface area (Å²) < 4.78 is 6.14. The number of piperidine rings is 1. The molecule has 0 unspecified atom stereocenters. The van der Waals surface area contributed by atoms with Crippen LogP contribution in [0.3, 0.4) is 0 Å². The minimum atomic E-state index is -0.216. The van der Waals surface area contributed by atoms with Crippen molar-refractivity contribution in [3.05, 3.63) is 22.4 Å². The van der Waals surface area contributed by atoms with Crippen LogP contribution in [0.25, 0.3) is 0 Å². The second-order valence-corrected chi connectivity index (χ2v) is 8.08. The largest absolute Gasteiger partial charge is 0.364 e. The molecule has 2 saturated heterocycles. The molecule has 5 heteroatoms. The Bertz CT molecular complexity index is 527. The SMILES string of the molecule is O=C(NC1CCCC1)[C@@H]1C[C@H]2CCN(Cc3ccsc3)C[C@@H]2O1. The average molecular weight is 334 g/mol. The number of hydrogen-bond donors (Lipinski definition) is 1. The maximum absolute atomic E-state index is 12.4. The van der Waals surface area contributed by atoms with Crippen molar-refractivity contribution >= 4 is 17.2 Å². The van der Waals surface area contributed by atoms with Crippen LogP contribution in [-0.2, 0) is 16.1 Å². The van der Waals surface area contributed by atoms with Gasteiger partial charge in [0.15, 0.2) is 0 Å². The van der Waals surface area contributed by atoms with E-state index in [0.717, 1.165) is 45.3 Å². The molecule has 1 aliphatic carbocycles. The molecule has 3 aliphatic rings. The van der Waals surface area contributed by atoms with Crippen LogP contribution >= 0.6 is 11.3 Å². The van der Waals surface area contributed by atoms with E-state index in [-0.39, 0.29) is 18.1 Å². The Morgan fingerprint density at radius 3 is 3.00 bits per heavy atom. The van der Waals surface area contributed by atoms with E-state index in [1.807, 2.05) is 0 Å². The van der Waals surface area contributed by atoms with E-state index in [0.29, 0.717) is 12.0 Å².